The first-order valence-electron chi connectivity index (χ1n) is 11.5. The minimum atomic E-state index is -5.08. The van der Waals surface area contributed by atoms with Crippen molar-refractivity contribution in [2.24, 2.45) is 0 Å². The Labute approximate surface area is 223 Å². The molecule has 2 N–H and O–H groups in total. The van der Waals surface area contributed by atoms with E-state index in [4.69, 9.17) is 9.90 Å². The van der Waals surface area contributed by atoms with Gasteiger partial charge in [0.15, 0.2) is 5.82 Å². The number of pyridine rings is 1. The number of halogens is 3. The number of carbonyl (C=O) groups is 1. The maximum absolute atomic E-state index is 12.6. The van der Waals surface area contributed by atoms with E-state index in [0.29, 0.717) is 11.9 Å². The third-order valence-electron chi connectivity index (χ3n) is 5.94. The van der Waals surface area contributed by atoms with Crippen molar-refractivity contribution in [3.8, 4) is 0 Å². The zero-order chi connectivity index (χ0) is 27.9. The molecule has 2 aromatic heterocycles. The van der Waals surface area contributed by atoms with Crippen molar-refractivity contribution >= 4 is 39.0 Å². The third-order valence-corrected chi connectivity index (χ3v) is 7.85. The molecule has 1 saturated heterocycles. The van der Waals surface area contributed by atoms with Crippen LogP contribution < -0.4 is 9.62 Å². The number of aromatic nitrogens is 2. The molecular weight excluding hydrogens is 543 g/mol. The van der Waals surface area contributed by atoms with E-state index in [-0.39, 0.29) is 4.90 Å². The van der Waals surface area contributed by atoms with E-state index in [2.05, 4.69) is 55.8 Å². The van der Waals surface area contributed by atoms with Crippen LogP contribution in [0.1, 0.15) is 24.0 Å². The summed E-state index contributed by atoms with van der Waals surface area (Å²) in [7, 11) is -1.65. The quantitative estimate of drug-likeness (QED) is 0.429. The number of alkyl halides is 3. The highest BCUT2D eigenvalue weighted by atomic mass is 32.2. The van der Waals surface area contributed by atoms with E-state index in [9.17, 15) is 21.6 Å². The number of rotatable bonds is 7. The molecule has 1 aliphatic rings. The number of aryl methyl sites for hydroxylation is 1. The standard InChI is InChI=1S/C22H27N5O2S2.C2HF3O2/c1-17-12-20(31(28,29)25-21-15-30-16-24-21)13-23-22(17)26(2)19-8-10-27(11-9-19)14-18-6-4-3-5-7-18;3-2(4,5)1(6)7/h3-7,12-13,15-16,19,25H,8-11,14H2,1-2H3;(H,6,7). The number of sulfonamides is 1. The van der Waals surface area contributed by atoms with Crippen LogP contribution in [0.25, 0.3) is 0 Å². The lowest BCUT2D eigenvalue weighted by Crippen LogP contribution is -2.43. The molecule has 0 aliphatic carbocycles. The average molecular weight is 572 g/mol. The van der Waals surface area contributed by atoms with Gasteiger partial charge in [0.1, 0.15) is 10.7 Å². The van der Waals surface area contributed by atoms with Gasteiger partial charge in [-0.25, -0.2) is 23.2 Å². The van der Waals surface area contributed by atoms with Crippen LogP contribution in [0.3, 0.4) is 0 Å². The van der Waals surface area contributed by atoms with Gasteiger partial charge in [0.2, 0.25) is 0 Å². The predicted octanol–water partition coefficient (Wildman–Crippen LogP) is 4.38. The topological polar surface area (TPSA) is 116 Å². The van der Waals surface area contributed by atoms with E-state index >= 15 is 0 Å². The lowest BCUT2D eigenvalue weighted by atomic mass is 10.0. The highest BCUT2D eigenvalue weighted by Gasteiger charge is 2.38. The summed E-state index contributed by atoms with van der Waals surface area (Å²) in [5.74, 6) is -1.60. The molecule has 0 radical (unpaired) electrons. The number of piperidine rings is 1. The summed E-state index contributed by atoms with van der Waals surface area (Å²) < 4.78 is 59.5. The van der Waals surface area contributed by atoms with Gasteiger partial charge in [-0.1, -0.05) is 30.3 Å². The van der Waals surface area contributed by atoms with Crippen LogP contribution in [0.5, 0.6) is 0 Å². The molecule has 0 amide bonds. The molecule has 0 bridgehead atoms. The molecule has 3 aromatic rings. The van der Waals surface area contributed by atoms with E-state index < -0.39 is 22.2 Å². The van der Waals surface area contributed by atoms with Crippen molar-refractivity contribution in [3.05, 3.63) is 64.6 Å². The van der Waals surface area contributed by atoms with Gasteiger partial charge in [0.25, 0.3) is 10.0 Å². The molecule has 0 spiro atoms. The van der Waals surface area contributed by atoms with Crippen molar-refractivity contribution < 1.29 is 31.5 Å². The van der Waals surface area contributed by atoms with Gasteiger partial charge in [-0.3, -0.25) is 9.62 Å². The number of anilines is 2. The Morgan fingerprint density at radius 3 is 2.37 bits per heavy atom. The highest BCUT2D eigenvalue weighted by Crippen LogP contribution is 2.26. The number of hydrogen-bond donors (Lipinski definition) is 2. The zero-order valence-electron chi connectivity index (χ0n) is 20.7. The largest absolute Gasteiger partial charge is 0.490 e. The van der Waals surface area contributed by atoms with Crippen molar-refractivity contribution in [1.29, 1.82) is 0 Å². The normalized spacial score (nSPS) is 14.9. The lowest BCUT2D eigenvalue weighted by Gasteiger charge is -2.37. The van der Waals surface area contributed by atoms with Crippen molar-refractivity contribution in [2.45, 2.75) is 43.4 Å². The maximum Gasteiger partial charge on any atom is 0.490 e. The van der Waals surface area contributed by atoms with Crippen LogP contribution in [0.4, 0.5) is 24.8 Å². The van der Waals surface area contributed by atoms with Crippen molar-refractivity contribution in [3.63, 3.8) is 0 Å². The Morgan fingerprint density at radius 2 is 1.84 bits per heavy atom. The van der Waals surface area contributed by atoms with E-state index in [1.165, 1.54) is 23.1 Å². The number of hydrogen-bond acceptors (Lipinski definition) is 8. The number of nitrogens with one attached hydrogen (secondary N) is 1. The number of carboxylic acid groups (broad SMARTS) is 1. The zero-order valence-corrected chi connectivity index (χ0v) is 22.4. The number of nitrogens with zero attached hydrogens (tertiary/aromatic N) is 4. The molecule has 0 saturated carbocycles. The van der Waals surface area contributed by atoms with Crippen LogP contribution in [0.2, 0.25) is 0 Å². The Kier molecular flexibility index (Phi) is 9.68. The van der Waals surface area contributed by atoms with E-state index in [1.54, 1.807) is 17.0 Å². The molecule has 0 unspecified atom stereocenters. The summed E-state index contributed by atoms with van der Waals surface area (Å²) in [6, 6.07) is 12.6. The smallest absolute Gasteiger partial charge is 0.475 e. The monoisotopic (exact) mass is 571 g/mol. The molecule has 4 rings (SSSR count). The fraction of sp³-hybridized carbons (Fsp3) is 0.375. The number of benzene rings is 1. The molecule has 1 aliphatic heterocycles. The van der Waals surface area contributed by atoms with E-state index in [1.807, 2.05) is 13.0 Å². The van der Waals surface area contributed by atoms with Crippen LogP contribution in [0, 0.1) is 6.92 Å². The second-order valence-electron chi connectivity index (χ2n) is 8.70. The summed E-state index contributed by atoms with van der Waals surface area (Å²) in [5.41, 5.74) is 3.77. The second-order valence-corrected chi connectivity index (χ2v) is 11.1. The molecule has 38 heavy (non-hydrogen) atoms. The Hall–Kier alpha value is -3.23. The van der Waals surface area contributed by atoms with Gasteiger partial charge in [0, 0.05) is 44.3 Å². The van der Waals surface area contributed by atoms with Crippen LogP contribution in [0.15, 0.2) is 58.4 Å². The SMILES string of the molecule is Cc1cc(S(=O)(=O)Nc2cscn2)cnc1N(C)C1CCN(Cc2ccccc2)CC1.O=C(O)C(F)(F)F. The molecule has 206 valence electrons. The molecular formula is C24H28F3N5O4S2. The van der Waals surface area contributed by atoms with Gasteiger partial charge in [0.05, 0.1) is 5.51 Å². The number of carboxylic acids is 1. The van der Waals surface area contributed by atoms with Crippen LogP contribution in [-0.2, 0) is 21.4 Å². The minimum absolute atomic E-state index is 0.146. The van der Waals surface area contributed by atoms with Crippen LogP contribution >= 0.6 is 11.3 Å². The first-order chi connectivity index (χ1) is 17.9. The van der Waals surface area contributed by atoms with Gasteiger partial charge in [-0.05, 0) is 37.0 Å². The molecule has 9 nitrogen and oxygen atoms in total. The highest BCUT2D eigenvalue weighted by molar-refractivity contribution is 7.92. The number of thiazole rings is 1. The maximum atomic E-state index is 12.6. The van der Waals surface area contributed by atoms with Gasteiger partial charge in [-0.15, -0.1) is 11.3 Å². The van der Waals surface area contributed by atoms with Crippen molar-refractivity contribution in [2.75, 3.05) is 29.8 Å². The summed E-state index contributed by atoms with van der Waals surface area (Å²) in [6.45, 7) is 4.96. The molecule has 14 heteroatoms. The fourth-order valence-electron chi connectivity index (χ4n) is 4.00. The average Bonchev–Trinajstić information content (AvgIpc) is 3.37. The molecule has 1 fully saturated rings. The van der Waals surface area contributed by atoms with Gasteiger partial charge < -0.3 is 10.0 Å². The molecule has 3 heterocycles. The van der Waals surface area contributed by atoms with E-state index in [0.717, 1.165) is 43.9 Å². The lowest BCUT2D eigenvalue weighted by molar-refractivity contribution is -0.192. The first kappa shape index (κ1) is 29.3. The summed E-state index contributed by atoms with van der Waals surface area (Å²) >= 11 is 1.34. The Balaban J connectivity index is 0.000000505. The molecule has 0 atom stereocenters. The fourth-order valence-corrected chi connectivity index (χ4v) is 5.58. The minimum Gasteiger partial charge on any atom is -0.475 e. The summed E-state index contributed by atoms with van der Waals surface area (Å²) in [5, 5.41) is 8.78. The van der Waals surface area contributed by atoms with Gasteiger partial charge in [-0.2, -0.15) is 13.2 Å². The Morgan fingerprint density at radius 1 is 1.21 bits per heavy atom. The van der Waals surface area contributed by atoms with Gasteiger partial charge >= 0.3 is 12.1 Å². The number of likely N-dealkylation sites (tertiary alicyclic amines) is 1. The first-order valence-corrected chi connectivity index (χ1v) is 14.0. The second kappa shape index (κ2) is 12.5. The Bertz CT molecular complexity index is 1300. The predicted molar refractivity (Wildman–Crippen MR) is 139 cm³/mol. The summed E-state index contributed by atoms with van der Waals surface area (Å²) in [4.78, 5) is 22.2. The third kappa shape index (κ3) is 8.13. The molecule has 1 aromatic carbocycles. The number of aliphatic carboxylic acids is 1. The summed E-state index contributed by atoms with van der Waals surface area (Å²) in [6.07, 6.45) is -1.55. The van der Waals surface area contributed by atoms with Crippen LogP contribution in [-0.4, -0.2) is 66.7 Å². The van der Waals surface area contributed by atoms with Crippen molar-refractivity contribution in [1.82, 2.24) is 14.9 Å².